The fourth-order valence-corrected chi connectivity index (χ4v) is 13.4. The van der Waals surface area contributed by atoms with Crippen LogP contribution < -0.4 is 24.6 Å². The first-order valence-electron chi connectivity index (χ1n) is 25.0. The Hall–Kier alpha value is -6.24. The summed E-state index contributed by atoms with van der Waals surface area (Å²) in [6, 6.07) is 20.4. The van der Waals surface area contributed by atoms with E-state index >= 15 is 0 Å². The quantitative estimate of drug-likeness (QED) is 0.0572. The molecule has 0 radical (unpaired) electrons. The van der Waals surface area contributed by atoms with E-state index in [1.807, 2.05) is 36.1 Å². The normalized spacial score (nSPS) is 22.9. The van der Waals surface area contributed by atoms with Crippen molar-refractivity contribution >= 4 is 66.4 Å². The molecule has 1 atom stereocenters. The molecule has 368 valence electrons. The summed E-state index contributed by atoms with van der Waals surface area (Å²) in [6.45, 7) is 10.3. The average Bonchev–Trinajstić information content (AvgIpc) is 4.14. The second-order valence-electron chi connectivity index (χ2n) is 21.1. The fraction of sp³-hybridized carbons (Fsp3) is 0.481. The lowest BCUT2D eigenvalue weighted by atomic mass is 9.59. The van der Waals surface area contributed by atoms with E-state index in [-0.39, 0.29) is 34.8 Å². The first-order valence-corrected chi connectivity index (χ1v) is 26.4. The number of fused-ring (bicyclic) bond motifs is 3. The zero-order valence-corrected chi connectivity index (χ0v) is 40.9. The third kappa shape index (κ3) is 8.50. The topological polar surface area (TPSA) is 215 Å². The number of benzene rings is 3. The van der Waals surface area contributed by atoms with Gasteiger partial charge in [-0.25, -0.2) is 18.1 Å². The van der Waals surface area contributed by atoms with Crippen LogP contribution in [0.25, 0.3) is 22.1 Å². The molecule has 2 aliphatic carbocycles. The van der Waals surface area contributed by atoms with Crippen molar-refractivity contribution in [3.8, 4) is 5.88 Å². The third-order valence-electron chi connectivity index (χ3n) is 16.2. The third-order valence-corrected chi connectivity index (χ3v) is 17.6. The van der Waals surface area contributed by atoms with Gasteiger partial charge in [0.1, 0.15) is 34.0 Å². The van der Waals surface area contributed by atoms with Gasteiger partial charge in [0.2, 0.25) is 5.88 Å². The Morgan fingerprint density at radius 2 is 1.77 bits per heavy atom. The number of H-pyrrole nitrogens is 2. The number of ether oxygens (including phenoxy) is 1. The summed E-state index contributed by atoms with van der Waals surface area (Å²) >= 11 is 0. The highest BCUT2D eigenvalue weighted by molar-refractivity contribution is 7.90. The number of hydrogen-bond acceptors (Lipinski definition) is 13. The van der Waals surface area contributed by atoms with E-state index in [0.717, 1.165) is 62.5 Å². The summed E-state index contributed by atoms with van der Waals surface area (Å²) < 4.78 is 37.2. The number of piperidine rings is 1. The number of carbonyl (C=O) groups is 1. The number of likely N-dealkylation sites (tertiary alicyclic amines) is 1. The van der Waals surface area contributed by atoms with Crippen LogP contribution in [-0.2, 0) is 10.0 Å². The second kappa shape index (κ2) is 17.9. The van der Waals surface area contributed by atoms with E-state index in [1.165, 1.54) is 43.1 Å². The maximum atomic E-state index is 14.6. The van der Waals surface area contributed by atoms with Gasteiger partial charge in [0.05, 0.1) is 40.2 Å². The molecule has 1 amide bonds. The van der Waals surface area contributed by atoms with Crippen LogP contribution in [0.1, 0.15) is 118 Å². The van der Waals surface area contributed by atoms with Crippen LogP contribution in [0.2, 0.25) is 0 Å². The highest BCUT2D eigenvalue weighted by Gasteiger charge is 2.50. The van der Waals surface area contributed by atoms with E-state index in [9.17, 15) is 28.4 Å². The molecule has 70 heavy (non-hydrogen) atoms. The Balaban J connectivity index is 0.855. The van der Waals surface area contributed by atoms with Crippen LogP contribution in [0.3, 0.4) is 0 Å². The fourth-order valence-electron chi connectivity index (χ4n) is 12.3. The monoisotopic (exact) mass is 970 g/mol. The predicted molar refractivity (Wildman–Crippen MR) is 270 cm³/mol. The summed E-state index contributed by atoms with van der Waals surface area (Å²) in [4.78, 5) is 48.2. The number of imidazole rings is 1. The molecule has 11 rings (SSSR count). The number of anilines is 4. The summed E-state index contributed by atoms with van der Waals surface area (Å²) in [5.74, 6) is 0.122. The number of hydrogen-bond donors (Lipinski definition) is 5. The van der Waals surface area contributed by atoms with Gasteiger partial charge in [0, 0.05) is 55.1 Å². The number of nitro groups is 1. The van der Waals surface area contributed by atoms with Gasteiger partial charge < -0.3 is 34.9 Å². The molecule has 18 heteroatoms. The molecule has 3 aliphatic heterocycles. The van der Waals surface area contributed by atoms with Crippen molar-refractivity contribution < 1.29 is 28.0 Å². The number of aromatic nitrogens is 4. The molecule has 0 bridgehead atoms. The lowest BCUT2D eigenvalue weighted by Crippen LogP contribution is -2.55. The van der Waals surface area contributed by atoms with Gasteiger partial charge >= 0.3 is 0 Å². The van der Waals surface area contributed by atoms with E-state index < -0.39 is 37.0 Å². The predicted octanol–water partition coefficient (Wildman–Crippen LogP) is 9.06. The Bertz CT molecular complexity index is 3090. The minimum absolute atomic E-state index is 0.0448. The summed E-state index contributed by atoms with van der Waals surface area (Å²) in [5.41, 5.74) is 5.04. The second-order valence-corrected chi connectivity index (χ2v) is 22.7. The zero-order valence-electron chi connectivity index (χ0n) is 40.0. The van der Waals surface area contributed by atoms with E-state index in [2.05, 4.69) is 72.9 Å². The number of amides is 1. The number of aliphatic hydroxyl groups is 1. The molecule has 2 saturated carbocycles. The minimum atomic E-state index is -4.75. The smallest absolute Gasteiger partial charge is 0.296 e. The summed E-state index contributed by atoms with van der Waals surface area (Å²) in [5, 5.41) is 27.1. The van der Waals surface area contributed by atoms with E-state index in [1.54, 1.807) is 12.3 Å². The van der Waals surface area contributed by atoms with Crippen LogP contribution in [0, 0.1) is 21.4 Å². The molecule has 5 aliphatic rings. The van der Waals surface area contributed by atoms with E-state index in [0.29, 0.717) is 72.2 Å². The standard InChI is InChI=1S/C52H62N10O7S/c1-32(2)37-7-4-5-8-38(37)40-9-6-20-60(40)36-28-52(29-36)17-21-59(22-18-52)35-10-11-39(41(26-35)61-23-24-69-50-43(61)25-34-14-19-53-48(34)57-50)49(63)58-70(67,68)44-27-42(62(65)66)45(47-46(44)55-31-56-47)54-30-33-12-15-51(3,64)16-13-33/h4-5,7-8,10-11,14,19,25-27,31-33,36,40,54,64H,6,9,12-13,15-18,20-24,28-30H2,1-3H3,(H,53,57)(H,55,56)(H,58,63)/t33?,40-,51?/m0/s1. The number of pyridine rings is 1. The zero-order chi connectivity index (χ0) is 48.5. The van der Waals surface area contributed by atoms with Crippen molar-refractivity contribution in [2.75, 3.05) is 54.4 Å². The van der Waals surface area contributed by atoms with Crippen LogP contribution in [0.5, 0.6) is 5.88 Å². The molecular formula is C52H62N10O7S. The Kier molecular flexibility index (Phi) is 11.8. The van der Waals surface area contributed by atoms with E-state index in [4.69, 9.17) is 9.72 Å². The van der Waals surface area contributed by atoms with Crippen molar-refractivity contribution in [3.63, 3.8) is 0 Å². The van der Waals surface area contributed by atoms with Gasteiger partial charge in [0.25, 0.3) is 21.6 Å². The van der Waals surface area contributed by atoms with Crippen molar-refractivity contribution in [1.82, 2.24) is 29.6 Å². The maximum absolute atomic E-state index is 14.6. The van der Waals surface area contributed by atoms with Gasteiger partial charge in [-0.15, -0.1) is 0 Å². The number of nitrogens with one attached hydrogen (secondary N) is 4. The Morgan fingerprint density at radius 1 is 0.986 bits per heavy atom. The molecule has 3 aromatic carbocycles. The molecule has 5 N–H and O–H groups in total. The molecule has 3 aromatic heterocycles. The lowest BCUT2D eigenvalue weighted by molar-refractivity contribution is -0.384. The largest absolute Gasteiger partial charge is 0.474 e. The highest BCUT2D eigenvalue weighted by atomic mass is 32.2. The van der Waals surface area contributed by atoms with Gasteiger partial charge in [-0.3, -0.25) is 19.8 Å². The van der Waals surface area contributed by atoms with Crippen LogP contribution in [0.15, 0.2) is 78.1 Å². The van der Waals surface area contributed by atoms with Crippen molar-refractivity contribution in [1.29, 1.82) is 0 Å². The number of nitro benzene ring substituents is 1. The summed E-state index contributed by atoms with van der Waals surface area (Å²) in [7, 11) is -4.75. The minimum Gasteiger partial charge on any atom is -0.474 e. The molecule has 6 aromatic rings. The Morgan fingerprint density at radius 3 is 2.54 bits per heavy atom. The van der Waals surface area contributed by atoms with Crippen molar-refractivity contribution in [2.45, 2.75) is 113 Å². The molecule has 0 unspecified atom stereocenters. The number of sulfonamides is 1. The SMILES string of the molecule is CC(C)c1ccccc1[C@@H]1CCCN1C1CC2(CCN(c3ccc(C(=O)NS(=O)(=O)c4cc([N+](=O)[O-])c(NCC5CCC(C)(O)CC5)c5[nH]cnc45)c(N4CCOc5nc6[nH]ccc6cc54)c3)CC2)C1. The van der Waals surface area contributed by atoms with Crippen LogP contribution >= 0.6 is 0 Å². The van der Waals surface area contributed by atoms with Gasteiger partial charge in [-0.1, -0.05) is 38.1 Å². The van der Waals surface area contributed by atoms with Crippen molar-refractivity contribution in [3.05, 3.63) is 100.0 Å². The van der Waals surface area contributed by atoms with Crippen molar-refractivity contribution in [2.24, 2.45) is 11.3 Å². The number of carbonyl (C=O) groups excluding carboxylic acids is 1. The molecule has 4 fully saturated rings. The molecule has 2 saturated heterocycles. The van der Waals surface area contributed by atoms with Gasteiger partial charge in [-0.2, -0.15) is 4.98 Å². The molecule has 6 heterocycles. The average molecular weight is 971 g/mol. The highest BCUT2D eigenvalue weighted by Crippen LogP contribution is 2.54. The molecule has 1 spiro atoms. The van der Waals surface area contributed by atoms with Gasteiger partial charge in [-0.05, 0) is 136 Å². The van der Waals surface area contributed by atoms with Crippen LogP contribution in [-0.4, -0.2) is 100 Å². The molecular weight excluding hydrogens is 909 g/mol. The molecule has 17 nitrogen and oxygen atoms in total. The first-order chi connectivity index (χ1) is 33.7. The summed E-state index contributed by atoms with van der Waals surface area (Å²) in [6.07, 6.45) is 12.7. The Labute approximate surface area is 407 Å². The number of nitrogens with zero attached hydrogens (tertiary/aromatic N) is 6. The van der Waals surface area contributed by atoms with Crippen LogP contribution in [0.4, 0.5) is 28.4 Å². The number of rotatable bonds is 12. The maximum Gasteiger partial charge on any atom is 0.296 e. The van der Waals surface area contributed by atoms with Gasteiger partial charge in [0.15, 0.2) is 0 Å². The number of aromatic amines is 2. The lowest BCUT2D eigenvalue weighted by Gasteiger charge is -2.56. The first kappa shape index (κ1) is 46.2.